The molecule has 1 heterocycles. The highest BCUT2D eigenvalue weighted by molar-refractivity contribution is 8.00. The second kappa shape index (κ2) is 8.84. The van der Waals surface area contributed by atoms with Crippen molar-refractivity contribution in [2.75, 3.05) is 23.0 Å². The fourth-order valence-corrected chi connectivity index (χ4v) is 3.86. The molecule has 4 rings (SSSR count). The van der Waals surface area contributed by atoms with Crippen LogP contribution in [0.4, 0.5) is 11.4 Å². The molecule has 7 heteroatoms. The van der Waals surface area contributed by atoms with Gasteiger partial charge < -0.3 is 15.4 Å². The summed E-state index contributed by atoms with van der Waals surface area (Å²) in [6.45, 7) is -0.417. The lowest BCUT2D eigenvalue weighted by Gasteiger charge is -2.16. The maximum atomic E-state index is 12.4. The summed E-state index contributed by atoms with van der Waals surface area (Å²) in [7, 11) is 0. The number of nitrogens with one attached hydrogen (secondary N) is 2. The summed E-state index contributed by atoms with van der Waals surface area (Å²) in [6, 6.07) is 22.1. The Bertz CT molecular complexity index is 1120. The topological polar surface area (TPSA) is 84.5 Å². The quantitative estimate of drug-likeness (QED) is 0.607. The third kappa shape index (κ3) is 4.52. The molecule has 0 atom stereocenters. The predicted molar refractivity (Wildman–Crippen MR) is 117 cm³/mol. The molecule has 3 aromatic carbocycles. The highest BCUT2D eigenvalue weighted by atomic mass is 32.2. The van der Waals surface area contributed by atoms with Gasteiger partial charge in [0.1, 0.15) is 0 Å². The predicted octanol–water partition coefficient (Wildman–Crippen LogP) is 4.19. The average Bonchev–Trinajstić information content (AvgIpc) is 2.78. The van der Waals surface area contributed by atoms with Crippen molar-refractivity contribution in [2.45, 2.75) is 4.90 Å². The van der Waals surface area contributed by atoms with Crippen LogP contribution in [0.3, 0.4) is 0 Å². The normalized spacial score (nSPS) is 12.5. The summed E-state index contributed by atoms with van der Waals surface area (Å²) in [5, 5.41) is 5.52. The molecule has 0 aromatic heterocycles. The van der Waals surface area contributed by atoms with Gasteiger partial charge in [0.15, 0.2) is 6.61 Å². The number of rotatable bonds is 5. The Labute approximate surface area is 177 Å². The largest absolute Gasteiger partial charge is 0.452 e. The number of hydrogen-bond donors (Lipinski definition) is 2. The Morgan fingerprint density at radius 1 is 1.00 bits per heavy atom. The van der Waals surface area contributed by atoms with Crippen LogP contribution in [0.2, 0.25) is 0 Å². The van der Waals surface area contributed by atoms with E-state index >= 15 is 0 Å². The van der Waals surface area contributed by atoms with E-state index in [1.165, 1.54) is 11.8 Å². The molecule has 0 spiro atoms. The Morgan fingerprint density at radius 2 is 1.77 bits per heavy atom. The highest BCUT2D eigenvalue weighted by Gasteiger charge is 2.18. The van der Waals surface area contributed by atoms with Crippen LogP contribution in [0, 0.1) is 0 Å². The Morgan fingerprint density at radius 3 is 2.60 bits per heavy atom. The zero-order valence-corrected chi connectivity index (χ0v) is 16.7. The van der Waals surface area contributed by atoms with Gasteiger partial charge in [0.2, 0.25) is 5.91 Å². The van der Waals surface area contributed by atoms with E-state index in [4.69, 9.17) is 4.74 Å². The van der Waals surface area contributed by atoms with Crippen LogP contribution in [0.5, 0.6) is 0 Å². The molecule has 1 aliphatic heterocycles. The van der Waals surface area contributed by atoms with Crippen LogP contribution in [0.1, 0.15) is 10.4 Å². The third-order valence-electron chi connectivity index (χ3n) is 4.47. The van der Waals surface area contributed by atoms with Crippen molar-refractivity contribution in [3.8, 4) is 11.1 Å². The van der Waals surface area contributed by atoms with Crippen LogP contribution in [-0.4, -0.2) is 30.1 Å². The van der Waals surface area contributed by atoms with Crippen molar-refractivity contribution < 1.29 is 19.1 Å². The number of amides is 2. The number of thioether (sulfide) groups is 1. The van der Waals surface area contributed by atoms with Crippen molar-refractivity contribution >= 4 is 40.9 Å². The molecule has 0 saturated carbocycles. The van der Waals surface area contributed by atoms with Crippen molar-refractivity contribution in [3.63, 3.8) is 0 Å². The molecule has 1 aliphatic rings. The zero-order chi connectivity index (χ0) is 20.9. The lowest BCUT2D eigenvalue weighted by molar-refractivity contribution is -0.119. The minimum Gasteiger partial charge on any atom is -0.452 e. The number of ether oxygens (including phenoxy) is 1. The molecule has 150 valence electrons. The number of anilines is 2. The second-order valence-electron chi connectivity index (χ2n) is 6.58. The van der Waals surface area contributed by atoms with E-state index < -0.39 is 18.5 Å². The van der Waals surface area contributed by atoms with E-state index in [1.54, 1.807) is 24.3 Å². The summed E-state index contributed by atoms with van der Waals surface area (Å²) < 4.78 is 5.16. The molecule has 6 nitrogen and oxygen atoms in total. The van der Waals surface area contributed by atoms with Gasteiger partial charge in [0, 0.05) is 16.1 Å². The smallest absolute Gasteiger partial charge is 0.338 e. The fourth-order valence-electron chi connectivity index (χ4n) is 3.07. The first kappa shape index (κ1) is 19.7. The first-order chi connectivity index (χ1) is 14.6. The number of fused-ring (bicyclic) bond motifs is 1. The lowest BCUT2D eigenvalue weighted by Crippen LogP contribution is -2.22. The molecule has 0 fully saturated rings. The fraction of sp³-hybridized carbons (Fsp3) is 0.0870. The number of carbonyl (C=O) groups excluding carboxylic acids is 3. The maximum absolute atomic E-state index is 12.4. The zero-order valence-electron chi connectivity index (χ0n) is 15.9. The molecular weight excluding hydrogens is 400 g/mol. The number of para-hydroxylation sites is 1. The van der Waals surface area contributed by atoms with Gasteiger partial charge in [0.25, 0.3) is 5.91 Å². The molecule has 0 bridgehead atoms. The molecule has 0 aliphatic carbocycles. The van der Waals surface area contributed by atoms with E-state index in [1.807, 2.05) is 48.5 Å². The van der Waals surface area contributed by atoms with Gasteiger partial charge in [-0.05, 0) is 29.8 Å². The number of carbonyl (C=O) groups is 3. The molecular formula is C23H18N2O4S. The molecule has 0 radical (unpaired) electrons. The number of benzene rings is 3. The second-order valence-corrected chi connectivity index (χ2v) is 7.60. The van der Waals surface area contributed by atoms with Crippen LogP contribution in [-0.2, 0) is 14.3 Å². The van der Waals surface area contributed by atoms with Gasteiger partial charge in [-0.3, -0.25) is 9.59 Å². The third-order valence-corrected chi connectivity index (χ3v) is 5.54. The van der Waals surface area contributed by atoms with Gasteiger partial charge in [-0.2, -0.15) is 0 Å². The average molecular weight is 418 g/mol. The van der Waals surface area contributed by atoms with Crippen molar-refractivity contribution in [2.24, 2.45) is 0 Å². The van der Waals surface area contributed by atoms with Crippen molar-refractivity contribution in [1.29, 1.82) is 0 Å². The van der Waals surface area contributed by atoms with Gasteiger partial charge in [-0.15, -0.1) is 11.8 Å². The number of hydrogen-bond acceptors (Lipinski definition) is 5. The van der Waals surface area contributed by atoms with Crippen molar-refractivity contribution in [3.05, 3.63) is 78.4 Å². The van der Waals surface area contributed by atoms with Crippen molar-refractivity contribution in [1.82, 2.24) is 0 Å². The molecule has 0 saturated heterocycles. The van der Waals surface area contributed by atoms with Crippen LogP contribution in [0.15, 0.2) is 77.7 Å². The lowest BCUT2D eigenvalue weighted by atomic mass is 10.0. The summed E-state index contributed by atoms with van der Waals surface area (Å²) in [4.78, 5) is 37.1. The minimum absolute atomic E-state index is 0.116. The summed E-state index contributed by atoms with van der Waals surface area (Å²) in [5.74, 6) is -0.835. The Kier molecular flexibility index (Phi) is 5.81. The van der Waals surface area contributed by atoms with Gasteiger partial charge in [0.05, 0.1) is 17.0 Å². The standard InChI is InChI=1S/C23H18N2O4S/c26-21(24-18-9-5-4-8-17(18)15-6-2-1-3-7-15)13-29-23(28)16-10-11-20-19(12-16)25-22(27)14-30-20/h1-12H,13-14H2,(H,24,26)(H,25,27). The first-order valence-electron chi connectivity index (χ1n) is 9.28. The maximum Gasteiger partial charge on any atom is 0.338 e. The summed E-state index contributed by atoms with van der Waals surface area (Å²) in [5.41, 5.74) is 3.33. The monoisotopic (exact) mass is 418 g/mol. The van der Waals surface area contributed by atoms with Gasteiger partial charge in [-0.25, -0.2) is 4.79 Å². The Hall–Kier alpha value is -3.58. The van der Waals surface area contributed by atoms with Crippen LogP contribution in [0.25, 0.3) is 11.1 Å². The Balaban J connectivity index is 1.40. The first-order valence-corrected chi connectivity index (χ1v) is 10.3. The molecule has 30 heavy (non-hydrogen) atoms. The van der Waals surface area contributed by atoms with E-state index in [0.29, 0.717) is 17.1 Å². The van der Waals surface area contributed by atoms with E-state index in [0.717, 1.165) is 16.0 Å². The molecule has 0 unspecified atom stereocenters. The summed E-state index contributed by atoms with van der Waals surface area (Å²) >= 11 is 1.41. The SMILES string of the molecule is O=C1CSc2ccc(C(=O)OCC(=O)Nc3ccccc3-c3ccccc3)cc2N1. The van der Waals surface area contributed by atoms with Gasteiger partial charge in [-0.1, -0.05) is 48.5 Å². The molecule has 2 N–H and O–H groups in total. The van der Waals surface area contributed by atoms with E-state index in [9.17, 15) is 14.4 Å². The van der Waals surface area contributed by atoms with E-state index in [-0.39, 0.29) is 11.5 Å². The summed E-state index contributed by atoms with van der Waals surface area (Å²) in [6.07, 6.45) is 0. The van der Waals surface area contributed by atoms with Crippen LogP contribution >= 0.6 is 11.8 Å². The van der Waals surface area contributed by atoms with Crippen LogP contribution < -0.4 is 10.6 Å². The molecule has 2 amide bonds. The molecule has 3 aromatic rings. The minimum atomic E-state index is -0.630. The number of esters is 1. The van der Waals surface area contributed by atoms with E-state index in [2.05, 4.69) is 10.6 Å². The highest BCUT2D eigenvalue weighted by Crippen LogP contribution is 2.32. The van der Waals surface area contributed by atoms with Gasteiger partial charge >= 0.3 is 5.97 Å².